The van der Waals surface area contributed by atoms with Gasteiger partial charge >= 0.3 is 0 Å². The van der Waals surface area contributed by atoms with Crippen LogP contribution < -0.4 is 10.6 Å². The van der Waals surface area contributed by atoms with Crippen LogP contribution in [0.3, 0.4) is 0 Å². The van der Waals surface area contributed by atoms with Gasteiger partial charge in [0.25, 0.3) is 0 Å². The highest BCUT2D eigenvalue weighted by molar-refractivity contribution is 5.47. The van der Waals surface area contributed by atoms with Crippen molar-refractivity contribution in [2.24, 2.45) is 0 Å². The first-order valence-corrected chi connectivity index (χ1v) is 5.30. The lowest BCUT2D eigenvalue weighted by molar-refractivity contribution is 0.411. The molecule has 0 bridgehead atoms. The number of nitrogens with zero attached hydrogens (tertiary/aromatic N) is 1. The van der Waals surface area contributed by atoms with Gasteiger partial charge in [0.15, 0.2) is 0 Å². The molecule has 0 aromatic heterocycles. The van der Waals surface area contributed by atoms with Crippen molar-refractivity contribution in [2.45, 2.75) is 18.4 Å². The third kappa shape index (κ3) is 2.28. The fraction of sp³-hybridized carbons (Fsp3) is 0.417. The van der Waals surface area contributed by atoms with E-state index in [2.05, 4.69) is 16.7 Å². The molecule has 1 fully saturated rings. The van der Waals surface area contributed by atoms with E-state index in [1.165, 1.54) is 0 Å². The molecule has 1 heterocycles. The zero-order valence-electron chi connectivity index (χ0n) is 8.66. The summed E-state index contributed by atoms with van der Waals surface area (Å²) in [5.41, 5.74) is 0.585. The second-order valence-electron chi connectivity index (χ2n) is 3.97. The highest BCUT2D eigenvalue weighted by Gasteiger charge is 2.31. The van der Waals surface area contributed by atoms with Crippen molar-refractivity contribution in [2.75, 3.05) is 18.4 Å². The molecule has 1 unspecified atom stereocenters. The molecule has 0 saturated carbocycles. The molecule has 1 saturated heterocycles. The molecule has 0 spiro atoms. The van der Waals surface area contributed by atoms with Crippen LogP contribution in [0.25, 0.3) is 0 Å². The highest BCUT2D eigenvalue weighted by Crippen LogP contribution is 2.21. The van der Waals surface area contributed by atoms with Crippen LogP contribution in [0.15, 0.2) is 30.3 Å². The van der Waals surface area contributed by atoms with Crippen molar-refractivity contribution in [3.63, 3.8) is 0 Å². The van der Waals surface area contributed by atoms with Gasteiger partial charge < -0.3 is 10.6 Å². The highest BCUT2D eigenvalue weighted by atomic mass is 15.1. The smallest absolute Gasteiger partial charge is 0.138 e. The standard InChI is InChI=1S/C12H15N3/c13-9-12(7-4-8-14-10-12)15-11-5-2-1-3-6-11/h1-3,5-6,14-15H,4,7-8,10H2. The normalized spacial score (nSPS) is 25.5. The molecule has 3 heteroatoms. The van der Waals surface area contributed by atoms with Crippen LogP contribution >= 0.6 is 0 Å². The molecule has 1 aliphatic heterocycles. The summed E-state index contributed by atoms with van der Waals surface area (Å²) >= 11 is 0. The Bertz CT molecular complexity index is 347. The molecule has 2 rings (SSSR count). The first-order valence-electron chi connectivity index (χ1n) is 5.30. The molecule has 1 atom stereocenters. The third-order valence-corrected chi connectivity index (χ3v) is 2.76. The Hall–Kier alpha value is -1.53. The Morgan fingerprint density at radius 1 is 1.33 bits per heavy atom. The Labute approximate surface area is 90.1 Å². The van der Waals surface area contributed by atoms with E-state index < -0.39 is 5.54 Å². The average molecular weight is 201 g/mol. The van der Waals surface area contributed by atoms with Gasteiger partial charge in [-0.2, -0.15) is 5.26 Å². The Morgan fingerprint density at radius 2 is 2.13 bits per heavy atom. The molecular formula is C12H15N3. The summed E-state index contributed by atoms with van der Waals surface area (Å²) in [6, 6.07) is 12.3. The molecule has 2 N–H and O–H groups in total. The molecule has 1 aromatic carbocycles. The molecule has 0 radical (unpaired) electrons. The molecular weight excluding hydrogens is 186 g/mol. The summed E-state index contributed by atoms with van der Waals surface area (Å²) < 4.78 is 0. The van der Waals surface area contributed by atoms with Gasteiger partial charge in [-0.3, -0.25) is 0 Å². The van der Waals surface area contributed by atoms with E-state index in [1.807, 2.05) is 30.3 Å². The van der Waals surface area contributed by atoms with Crippen molar-refractivity contribution in [3.05, 3.63) is 30.3 Å². The van der Waals surface area contributed by atoms with Crippen molar-refractivity contribution < 1.29 is 0 Å². The van der Waals surface area contributed by atoms with Gasteiger partial charge in [0.2, 0.25) is 0 Å². The monoisotopic (exact) mass is 201 g/mol. The minimum atomic E-state index is -0.431. The zero-order valence-corrected chi connectivity index (χ0v) is 8.66. The number of hydrogen-bond acceptors (Lipinski definition) is 3. The number of piperidine rings is 1. The quantitative estimate of drug-likeness (QED) is 0.766. The van der Waals surface area contributed by atoms with E-state index in [-0.39, 0.29) is 0 Å². The van der Waals surface area contributed by atoms with E-state index in [9.17, 15) is 5.26 Å². The molecule has 15 heavy (non-hydrogen) atoms. The molecule has 1 aliphatic rings. The molecule has 0 aliphatic carbocycles. The Balaban J connectivity index is 2.12. The first-order chi connectivity index (χ1) is 7.35. The lowest BCUT2D eigenvalue weighted by Crippen LogP contribution is -2.50. The fourth-order valence-electron chi connectivity index (χ4n) is 1.93. The van der Waals surface area contributed by atoms with Crippen LogP contribution in [0.2, 0.25) is 0 Å². The van der Waals surface area contributed by atoms with Gasteiger partial charge in [0, 0.05) is 12.2 Å². The van der Waals surface area contributed by atoms with Crippen molar-refractivity contribution in [1.82, 2.24) is 5.32 Å². The predicted molar refractivity (Wildman–Crippen MR) is 60.5 cm³/mol. The maximum atomic E-state index is 9.25. The number of nitrogens with one attached hydrogen (secondary N) is 2. The van der Waals surface area contributed by atoms with Crippen molar-refractivity contribution in [1.29, 1.82) is 5.26 Å². The molecule has 0 amide bonds. The predicted octanol–water partition coefficient (Wildman–Crippen LogP) is 1.74. The number of nitriles is 1. The average Bonchev–Trinajstić information content (AvgIpc) is 2.32. The summed E-state index contributed by atoms with van der Waals surface area (Å²) in [6.45, 7) is 1.73. The maximum absolute atomic E-state index is 9.25. The second kappa shape index (κ2) is 4.33. The number of rotatable bonds is 2. The Morgan fingerprint density at radius 3 is 2.73 bits per heavy atom. The largest absolute Gasteiger partial charge is 0.366 e. The van der Waals surface area contributed by atoms with E-state index in [1.54, 1.807) is 0 Å². The van der Waals surface area contributed by atoms with Crippen LogP contribution in [0, 0.1) is 11.3 Å². The fourth-order valence-corrected chi connectivity index (χ4v) is 1.93. The van der Waals surface area contributed by atoms with Crippen molar-refractivity contribution in [3.8, 4) is 6.07 Å². The lowest BCUT2D eigenvalue weighted by Gasteiger charge is -2.33. The summed E-state index contributed by atoms with van der Waals surface area (Å²) in [4.78, 5) is 0. The first kappa shape index (κ1) is 10.0. The van der Waals surface area contributed by atoms with Crippen molar-refractivity contribution >= 4 is 5.69 Å². The maximum Gasteiger partial charge on any atom is 0.138 e. The van der Waals surface area contributed by atoms with E-state index in [0.717, 1.165) is 31.6 Å². The van der Waals surface area contributed by atoms with E-state index in [0.29, 0.717) is 0 Å². The molecule has 1 aromatic rings. The van der Waals surface area contributed by atoms with Crippen LogP contribution in [-0.4, -0.2) is 18.6 Å². The summed E-state index contributed by atoms with van der Waals surface area (Å²) in [5, 5.41) is 15.8. The lowest BCUT2D eigenvalue weighted by atomic mass is 9.91. The van der Waals surface area contributed by atoms with Gasteiger partial charge in [-0.25, -0.2) is 0 Å². The third-order valence-electron chi connectivity index (χ3n) is 2.76. The molecule has 3 nitrogen and oxygen atoms in total. The van der Waals surface area contributed by atoms with Crippen LogP contribution in [0.5, 0.6) is 0 Å². The van der Waals surface area contributed by atoms with Gasteiger partial charge in [-0.15, -0.1) is 0 Å². The number of anilines is 1. The topological polar surface area (TPSA) is 47.9 Å². The van der Waals surface area contributed by atoms with Gasteiger partial charge in [-0.1, -0.05) is 18.2 Å². The van der Waals surface area contributed by atoms with Crippen LogP contribution in [0.4, 0.5) is 5.69 Å². The zero-order chi connectivity index (χ0) is 10.6. The summed E-state index contributed by atoms with van der Waals surface area (Å²) in [6.07, 6.45) is 1.96. The van der Waals surface area contributed by atoms with Gasteiger partial charge in [0.05, 0.1) is 6.07 Å². The minimum absolute atomic E-state index is 0.431. The SMILES string of the molecule is N#CC1(Nc2ccccc2)CCCNC1. The molecule has 78 valence electrons. The van der Waals surface area contributed by atoms with Crippen LogP contribution in [0.1, 0.15) is 12.8 Å². The number of benzene rings is 1. The summed E-state index contributed by atoms with van der Waals surface area (Å²) in [5.74, 6) is 0. The second-order valence-corrected chi connectivity index (χ2v) is 3.97. The number of hydrogen-bond donors (Lipinski definition) is 2. The number of para-hydroxylation sites is 1. The van der Waals surface area contributed by atoms with Crippen LogP contribution in [-0.2, 0) is 0 Å². The van der Waals surface area contributed by atoms with Gasteiger partial charge in [0.1, 0.15) is 5.54 Å². The van der Waals surface area contributed by atoms with E-state index >= 15 is 0 Å². The van der Waals surface area contributed by atoms with Gasteiger partial charge in [-0.05, 0) is 31.5 Å². The summed E-state index contributed by atoms with van der Waals surface area (Å²) in [7, 11) is 0. The van der Waals surface area contributed by atoms with E-state index in [4.69, 9.17) is 0 Å². The Kier molecular flexibility index (Phi) is 2.89. The minimum Gasteiger partial charge on any atom is -0.366 e.